The zero-order valence-electron chi connectivity index (χ0n) is 12.2. The first-order chi connectivity index (χ1) is 10.1. The lowest BCUT2D eigenvalue weighted by molar-refractivity contribution is 0.0973. The molecule has 1 amide bonds. The summed E-state index contributed by atoms with van der Waals surface area (Å²) in [5, 5.41) is 3.05. The number of carbonyl (C=O) groups excluding carboxylic acids is 1. The maximum absolute atomic E-state index is 12.2. The molecule has 0 aromatic heterocycles. The molecule has 0 bridgehead atoms. The molecule has 0 heterocycles. The zero-order valence-corrected chi connectivity index (χ0v) is 13.0. The minimum Gasteiger partial charge on any atom is -0.494 e. The molecule has 21 heavy (non-hydrogen) atoms. The molecule has 1 rings (SSSR count). The Labute approximate surface area is 131 Å². The second-order valence-corrected chi connectivity index (χ2v) is 4.59. The number of carbonyl (C=O) groups is 1. The van der Waals surface area contributed by atoms with E-state index in [9.17, 15) is 4.79 Å². The van der Waals surface area contributed by atoms with Crippen molar-refractivity contribution in [2.75, 3.05) is 19.7 Å². The van der Waals surface area contributed by atoms with Gasteiger partial charge in [0.05, 0.1) is 6.61 Å². The van der Waals surface area contributed by atoms with Crippen molar-refractivity contribution in [1.29, 1.82) is 0 Å². The van der Waals surface area contributed by atoms with Gasteiger partial charge < -0.3 is 9.64 Å². The van der Waals surface area contributed by atoms with Crippen LogP contribution in [-0.4, -0.2) is 35.6 Å². The standard InChI is InChI=1S/C16H20N2O2S/c1-4-10-18(11-5-2)16(21)17-15(19)13-8-7-9-14(12-13)20-6-3/h4-5,7-9,12H,1-2,6,10-11H2,3H3,(H,17,19,21). The van der Waals surface area contributed by atoms with Crippen molar-refractivity contribution in [2.24, 2.45) is 0 Å². The van der Waals surface area contributed by atoms with Crippen LogP contribution in [0.4, 0.5) is 0 Å². The minimum atomic E-state index is -0.264. The number of nitrogens with zero attached hydrogens (tertiary/aromatic N) is 1. The van der Waals surface area contributed by atoms with Gasteiger partial charge in [-0.15, -0.1) is 13.2 Å². The van der Waals surface area contributed by atoms with Gasteiger partial charge in [0, 0.05) is 18.7 Å². The van der Waals surface area contributed by atoms with Crippen molar-refractivity contribution in [3.63, 3.8) is 0 Å². The van der Waals surface area contributed by atoms with Crippen molar-refractivity contribution in [2.45, 2.75) is 6.92 Å². The second-order valence-electron chi connectivity index (χ2n) is 4.20. The maximum atomic E-state index is 12.2. The molecule has 0 aliphatic rings. The molecule has 1 N–H and O–H groups in total. The average molecular weight is 304 g/mol. The zero-order chi connectivity index (χ0) is 15.7. The van der Waals surface area contributed by atoms with Gasteiger partial charge in [-0.05, 0) is 37.3 Å². The van der Waals surface area contributed by atoms with Crippen molar-refractivity contribution in [3.05, 3.63) is 55.1 Å². The van der Waals surface area contributed by atoms with E-state index in [0.29, 0.717) is 36.1 Å². The molecular formula is C16H20N2O2S. The highest BCUT2D eigenvalue weighted by molar-refractivity contribution is 7.80. The van der Waals surface area contributed by atoms with Gasteiger partial charge >= 0.3 is 0 Å². The van der Waals surface area contributed by atoms with Crippen molar-refractivity contribution in [3.8, 4) is 5.75 Å². The highest BCUT2D eigenvalue weighted by Crippen LogP contribution is 2.13. The first-order valence-corrected chi connectivity index (χ1v) is 7.08. The Morgan fingerprint density at radius 3 is 2.62 bits per heavy atom. The summed E-state index contributed by atoms with van der Waals surface area (Å²) in [6, 6.07) is 6.98. The Balaban J connectivity index is 2.74. The van der Waals surface area contributed by atoms with Gasteiger partial charge in [0.1, 0.15) is 5.75 Å². The van der Waals surface area contributed by atoms with E-state index in [4.69, 9.17) is 17.0 Å². The lowest BCUT2D eigenvalue weighted by atomic mass is 10.2. The summed E-state index contributed by atoms with van der Waals surface area (Å²) in [6.07, 6.45) is 3.44. The summed E-state index contributed by atoms with van der Waals surface area (Å²) in [5.74, 6) is 0.393. The van der Waals surface area contributed by atoms with Crippen LogP contribution in [0.3, 0.4) is 0 Å². The Bertz CT molecular complexity index is 519. The second kappa shape index (κ2) is 8.92. The summed E-state index contributed by atoms with van der Waals surface area (Å²) in [6.45, 7) is 10.9. The molecule has 0 fully saturated rings. The van der Waals surface area contributed by atoms with E-state index < -0.39 is 0 Å². The number of amides is 1. The van der Waals surface area contributed by atoms with Crippen LogP contribution in [0.5, 0.6) is 5.75 Å². The number of hydrogen-bond acceptors (Lipinski definition) is 3. The quantitative estimate of drug-likeness (QED) is 0.621. The number of hydrogen-bond donors (Lipinski definition) is 1. The number of nitrogens with one attached hydrogen (secondary N) is 1. The maximum Gasteiger partial charge on any atom is 0.257 e. The summed E-state index contributed by atoms with van der Waals surface area (Å²) in [4.78, 5) is 14.0. The van der Waals surface area contributed by atoms with E-state index >= 15 is 0 Å². The largest absolute Gasteiger partial charge is 0.494 e. The van der Waals surface area contributed by atoms with E-state index in [1.807, 2.05) is 6.92 Å². The molecule has 1 aromatic rings. The minimum absolute atomic E-state index is 0.264. The number of benzene rings is 1. The SMILES string of the molecule is C=CCN(CC=C)C(=S)NC(=O)c1cccc(OCC)c1. The molecule has 0 saturated heterocycles. The summed E-state index contributed by atoms with van der Waals surface area (Å²) < 4.78 is 5.38. The Morgan fingerprint density at radius 2 is 2.05 bits per heavy atom. The molecule has 0 saturated carbocycles. The smallest absolute Gasteiger partial charge is 0.257 e. The molecule has 1 aromatic carbocycles. The van der Waals surface area contributed by atoms with Crippen LogP contribution >= 0.6 is 12.2 Å². The third-order valence-corrected chi connectivity index (χ3v) is 2.97. The van der Waals surface area contributed by atoms with Crippen LogP contribution in [0.1, 0.15) is 17.3 Å². The average Bonchev–Trinajstić information content (AvgIpc) is 2.47. The molecule has 0 unspecified atom stereocenters. The number of rotatable bonds is 7. The fourth-order valence-corrected chi connectivity index (χ4v) is 1.94. The van der Waals surface area contributed by atoms with E-state index in [0.717, 1.165) is 0 Å². The summed E-state index contributed by atoms with van der Waals surface area (Å²) in [5.41, 5.74) is 0.500. The third kappa shape index (κ3) is 5.39. The third-order valence-electron chi connectivity index (χ3n) is 2.61. The first kappa shape index (κ1) is 16.9. The van der Waals surface area contributed by atoms with E-state index in [-0.39, 0.29) is 5.91 Å². The molecular weight excluding hydrogens is 284 g/mol. The lowest BCUT2D eigenvalue weighted by Crippen LogP contribution is -2.42. The van der Waals surface area contributed by atoms with Crippen LogP contribution in [0.2, 0.25) is 0 Å². The van der Waals surface area contributed by atoms with E-state index in [2.05, 4.69) is 18.5 Å². The fourth-order valence-electron chi connectivity index (χ4n) is 1.69. The molecule has 0 radical (unpaired) electrons. The lowest BCUT2D eigenvalue weighted by Gasteiger charge is -2.22. The predicted molar refractivity (Wildman–Crippen MR) is 89.6 cm³/mol. The number of thiocarbonyl (C=S) groups is 1. The van der Waals surface area contributed by atoms with Crippen molar-refractivity contribution in [1.82, 2.24) is 10.2 Å². The molecule has 0 spiro atoms. The van der Waals surface area contributed by atoms with Gasteiger partial charge in [0.2, 0.25) is 0 Å². The highest BCUT2D eigenvalue weighted by atomic mass is 32.1. The molecule has 0 aliphatic heterocycles. The molecule has 4 nitrogen and oxygen atoms in total. The topological polar surface area (TPSA) is 41.6 Å². The highest BCUT2D eigenvalue weighted by Gasteiger charge is 2.12. The van der Waals surface area contributed by atoms with Gasteiger partial charge in [-0.25, -0.2) is 0 Å². The molecule has 112 valence electrons. The van der Waals surface area contributed by atoms with E-state index in [1.54, 1.807) is 41.3 Å². The van der Waals surface area contributed by atoms with E-state index in [1.165, 1.54) is 0 Å². The van der Waals surface area contributed by atoms with Gasteiger partial charge in [-0.3, -0.25) is 10.1 Å². The van der Waals surface area contributed by atoms with Gasteiger partial charge in [0.25, 0.3) is 5.91 Å². The Hall–Kier alpha value is -2.14. The fraction of sp³-hybridized carbons (Fsp3) is 0.250. The monoisotopic (exact) mass is 304 g/mol. The van der Waals surface area contributed by atoms with Crippen molar-refractivity contribution < 1.29 is 9.53 Å². The normalized spacial score (nSPS) is 9.57. The van der Waals surface area contributed by atoms with Crippen LogP contribution in [-0.2, 0) is 0 Å². The van der Waals surface area contributed by atoms with Crippen LogP contribution in [0, 0.1) is 0 Å². The Morgan fingerprint density at radius 1 is 1.38 bits per heavy atom. The van der Waals surface area contributed by atoms with Crippen LogP contribution in [0.15, 0.2) is 49.6 Å². The van der Waals surface area contributed by atoms with Gasteiger partial charge in [-0.2, -0.15) is 0 Å². The van der Waals surface area contributed by atoms with Crippen LogP contribution < -0.4 is 10.1 Å². The molecule has 0 atom stereocenters. The van der Waals surface area contributed by atoms with Gasteiger partial charge in [-0.1, -0.05) is 18.2 Å². The Kier molecular flexibility index (Phi) is 7.18. The van der Waals surface area contributed by atoms with Crippen LogP contribution in [0.25, 0.3) is 0 Å². The van der Waals surface area contributed by atoms with Gasteiger partial charge in [0.15, 0.2) is 5.11 Å². The summed E-state index contributed by atoms with van der Waals surface area (Å²) >= 11 is 5.23. The predicted octanol–water partition coefficient (Wildman–Crippen LogP) is 2.77. The van der Waals surface area contributed by atoms with Crippen molar-refractivity contribution >= 4 is 23.2 Å². The first-order valence-electron chi connectivity index (χ1n) is 6.67. The summed E-state index contributed by atoms with van der Waals surface area (Å²) in [7, 11) is 0. The molecule has 0 aliphatic carbocycles. The number of ether oxygens (including phenoxy) is 1. The molecule has 5 heteroatoms.